The van der Waals surface area contributed by atoms with E-state index in [1.165, 1.54) is 6.07 Å². The lowest BCUT2D eigenvalue weighted by Gasteiger charge is -2.20. The highest BCUT2D eigenvalue weighted by atomic mass is 19.3. The molecule has 0 aliphatic rings. The van der Waals surface area contributed by atoms with Crippen LogP contribution in [-0.2, 0) is 5.41 Å². The van der Waals surface area contributed by atoms with Crippen LogP contribution >= 0.6 is 0 Å². The highest BCUT2D eigenvalue weighted by Gasteiger charge is 2.40. The van der Waals surface area contributed by atoms with Crippen molar-refractivity contribution in [2.24, 2.45) is 5.84 Å². The first-order chi connectivity index (χ1) is 9.06. The Hall–Kier alpha value is -1.64. The van der Waals surface area contributed by atoms with Crippen molar-refractivity contribution >= 4 is 11.6 Å². The Morgan fingerprint density at radius 3 is 2.20 bits per heavy atom. The summed E-state index contributed by atoms with van der Waals surface area (Å²) in [5.41, 5.74) is 1.82. The maximum atomic E-state index is 12.9. The Bertz CT molecular complexity index is 459. The van der Waals surface area contributed by atoms with Gasteiger partial charge in [0.05, 0.1) is 6.54 Å². The van der Waals surface area contributed by atoms with E-state index < -0.39 is 24.3 Å². The number of nitrogen functional groups attached to an aromatic ring is 1. The van der Waals surface area contributed by atoms with Crippen LogP contribution in [0, 0.1) is 0 Å². The van der Waals surface area contributed by atoms with Gasteiger partial charge in [-0.2, -0.15) is 8.78 Å². The number of alkyl halides is 4. The molecule has 0 saturated heterocycles. The zero-order chi connectivity index (χ0) is 15.6. The summed E-state index contributed by atoms with van der Waals surface area (Å²) in [6, 6.07) is 1.26. The molecule has 9 heteroatoms. The molecule has 114 valence electrons. The summed E-state index contributed by atoms with van der Waals surface area (Å²) < 4.78 is 49.9. The fraction of sp³-hybridized carbons (Fsp3) is 0.636. The molecule has 0 unspecified atom stereocenters. The van der Waals surface area contributed by atoms with E-state index in [0.29, 0.717) is 5.82 Å². The molecule has 0 radical (unpaired) electrons. The van der Waals surface area contributed by atoms with Crippen molar-refractivity contribution in [3.63, 3.8) is 0 Å². The van der Waals surface area contributed by atoms with E-state index in [4.69, 9.17) is 5.84 Å². The van der Waals surface area contributed by atoms with Crippen molar-refractivity contribution in [1.29, 1.82) is 0 Å². The smallest absolute Gasteiger partial charge is 0.324 e. The maximum Gasteiger partial charge on any atom is 0.324 e. The lowest BCUT2D eigenvalue weighted by Crippen LogP contribution is -2.35. The fourth-order valence-electron chi connectivity index (χ4n) is 1.23. The van der Waals surface area contributed by atoms with Gasteiger partial charge in [-0.05, 0) is 0 Å². The molecule has 0 aliphatic heterocycles. The van der Waals surface area contributed by atoms with Crippen LogP contribution in [-0.4, -0.2) is 28.9 Å². The number of aromatic nitrogens is 2. The Balaban J connectivity index is 2.96. The minimum Gasteiger partial charge on any atom is -0.364 e. The van der Waals surface area contributed by atoms with Gasteiger partial charge in [0.2, 0.25) is 0 Å². The molecule has 0 fully saturated rings. The summed E-state index contributed by atoms with van der Waals surface area (Å²) in [5, 5.41) is 2.18. The van der Waals surface area contributed by atoms with Crippen LogP contribution in [0.2, 0.25) is 0 Å². The first-order valence-electron chi connectivity index (χ1n) is 5.82. The zero-order valence-electron chi connectivity index (χ0n) is 11.3. The summed E-state index contributed by atoms with van der Waals surface area (Å²) in [6.45, 7) is 4.23. The lowest BCUT2D eigenvalue weighted by molar-refractivity contribution is -0.117. The van der Waals surface area contributed by atoms with E-state index in [2.05, 4.69) is 20.7 Å². The fourth-order valence-corrected chi connectivity index (χ4v) is 1.23. The molecular formula is C11H17F4N5. The largest absolute Gasteiger partial charge is 0.364 e. The second kappa shape index (κ2) is 5.78. The van der Waals surface area contributed by atoms with Gasteiger partial charge in [0.25, 0.3) is 0 Å². The highest BCUT2D eigenvalue weighted by molar-refractivity contribution is 5.47. The second-order valence-corrected chi connectivity index (χ2v) is 5.27. The molecule has 0 atom stereocenters. The van der Waals surface area contributed by atoms with Crippen molar-refractivity contribution in [1.82, 2.24) is 9.97 Å². The Kier molecular flexibility index (Phi) is 4.74. The number of hydrazine groups is 1. The van der Waals surface area contributed by atoms with Crippen LogP contribution in [0.25, 0.3) is 0 Å². The van der Waals surface area contributed by atoms with Crippen LogP contribution in [0.15, 0.2) is 6.07 Å². The monoisotopic (exact) mass is 295 g/mol. The normalized spacial score (nSPS) is 12.7. The van der Waals surface area contributed by atoms with Gasteiger partial charge in [0.15, 0.2) is 0 Å². The molecule has 1 aromatic heterocycles. The van der Waals surface area contributed by atoms with Gasteiger partial charge in [-0.25, -0.2) is 24.6 Å². The number of hydrogen-bond donors (Lipinski definition) is 3. The Morgan fingerprint density at radius 1 is 1.20 bits per heavy atom. The van der Waals surface area contributed by atoms with Crippen molar-refractivity contribution < 1.29 is 17.6 Å². The lowest BCUT2D eigenvalue weighted by atomic mass is 9.96. The quantitative estimate of drug-likeness (QED) is 0.442. The Morgan fingerprint density at radius 2 is 1.75 bits per heavy atom. The molecule has 1 heterocycles. The second-order valence-electron chi connectivity index (χ2n) is 5.27. The van der Waals surface area contributed by atoms with E-state index in [1.807, 2.05) is 20.8 Å². The molecule has 0 amide bonds. The molecule has 0 spiro atoms. The standard InChI is InChI=1S/C11H17F4N5/c1-10(2,3)9-18-6(4-7(19-9)20-16)17-5-11(14,15)8(12)13/h4,8H,5,16H2,1-3H3,(H2,17,18,19,20). The van der Waals surface area contributed by atoms with Crippen molar-refractivity contribution in [3.05, 3.63) is 11.9 Å². The third kappa shape index (κ3) is 4.19. The average Bonchev–Trinajstić information content (AvgIpc) is 2.34. The number of hydrogen-bond acceptors (Lipinski definition) is 5. The number of nitrogens with one attached hydrogen (secondary N) is 2. The summed E-state index contributed by atoms with van der Waals surface area (Å²) in [4.78, 5) is 8.10. The van der Waals surface area contributed by atoms with E-state index in [0.717, 1.165) is 0 Å². The molecule has 0 bridgehead atoms. The van der Waals surface area contributed by atoms with Crippen LogP contribution in [0.3, 0.4) is 0 Å². The van der Waals surface area contributed by atoms with Gasteiger partial charge in [-0.3, -0.25) is 0 Å². The minimum absolute atomic E-state index is 0.00167. The van der Waals surface area contributed by atoms with Gasteiger partial charge in [-0.1, -0.05) is 20.8 Å². The van der Waals surface area contributed by atoms with Gasteiger partial charge >= 0.3 is 12.3 Å². The van der Waals surface area contributed by atoms with Crippen LogP contribution in [0.4, 0.5) is 29.2 Å². The summed E-state index contributed by atoms with van der Waals surface area (Å²) in [7, 11) is 0. The van der Waals surface area contributed by atoms with E-state index in [-0.39, 0.29) is 11.6 Å². The number of nitrogens with zero attached hydrogens (tertiary/aromatic N) is 2. The molecular weight excluding hydrogens is 278 g/mol. The van der Waals surface area contributed by atoms with Crippen LogP contribution < -0.4 is 16.6 Å². The van der Waals surface area contributed by atoms with Crippen molar-refractivity contribution in [2.45, 2.75) is 38.5 Å². The summed E-state index contributed by atoms with van der Waals surface area (Å²) in [5.74, 6) is 1.63. The SMILES string of the molecule is CC(C)(C)c1nc(NN)cc(NCC(F)(F)C(F)F)n1. The van der Waals surface area contributed by atoms with Crippen LogP contribution in [0.5, 0.6) is 0 Å². The van der Waals surface area contributed by atoms with Crippen LogP contribution in [0.1, 0.15) is 26.6 Å². The maximum absolute atomic E-state index is 12.9. The van der Waals surface area contributed by atoms with Gasteiger partial charge in [0.1, 0.15) is 17.5 Å². The van der Waals surface area contributed by atoms with Gasteiger partial charge in [0, 0.05) is 11.5 Å². The molecule has 4 N–H and O–H groups in total. The van der Waals surface area contributed by atoms with Crippen molar-refractivity contribution in [3.8, 4) is 0 Å². The Labute approximate surface area is 113 Å². The van der Waals surface area contributed by atoms with Gasteiger partial charge < -0.3 is 10.7 Å². The average molecular weight is 295 g/mol. The molecule has 0 aromatic carbocycles. The summed E-state index contributed by atoms with van der Waals surface area (Å²) in [6.07, 6.45) is -3.74. The first kappa shape index (κ1) is 16.4. The minimum atomic E-state index is -4.14. The van der Waals surface area contributed by atoms with Crippen molar-refractivity contribution in [2.75, 3.05) is 17.3 Å². The molecule has 0 aliphatic carbocycles. The predicted molar refractivity (Wildman–Crippen MR) is 68.0 cm³/mol. The summed E-state index contributed by atoms with van der Waals surface area (Å²) >= 11 is 0. The highest BCUT2D eigenvalue weighted by Crippen LogP contribution is 2.25. The third-order valence-electron chi connectivity index (χ3n) is 2.37. The zero-order valence-corrected chi connectivity index (χ0v) is 11.3. The number of rotatable bonds is 5. The topological polar surface area (TPSA) is 75.9 Å². The molecule has 1 rings (SSSR count). The van der Waals surface area contributed by atoms with E-state index >= 15 is 0 Å². The molecule has 0 saturated carbocycles. The molecule has 5 nitrogen and oxygen atoms in total. The van der Waals surface area contributed by atoms with Gasteiger partial charge in [-0.15, -0.1) is 0 Å². The number of anilines is 2. The number of nitrogens with two attached hydrogens (primary N) is 1. The third-order valence-corrected chi connectivity index (χ3v) is 2.37. The first-order valence-corrected chi connectivity index (χ1v) is 5.82. The van der Waals surface area contributed by atoms with E-state index in [1.54, 1.807) is 0 Å². The molecule has 1 aromatic rings. The number of halogens is 4. The predicted octanol–water partition coefficient (Wildman–Crippen LogP) is 2.37. The van der Waals surface area contributed by atoms with E-state index in [9.17, 15) is 17.6 Å². The molecule has 20 heavy (non-hydrogen) atoms.